The number of carbonyl (C=O) groups is 1. The first kappa shape index (κ1) is 14.1. The Morgan fingerprint density at radius 1 is 1.37 bits per heavy atom. The first-order valence-corrected chi connectivity index (χ1v) is 7.27. The van der Waals surface area contributed by atoms with Gasteiger partial charge >= 0.3 is 0 Å². The Morgan fingerprint density at radius 3 is 2.84 bits per heavy atom. The van der Waals surface area contributed by atoms with Gasteiger partial charge in [-0.2, -0.15) is 0 Å². The number of rotatable bonds is 6. The van der Waals surface area contributed by atoms with Crippen LogP contribution in [0.15, 0.2) is 24.3 Å². The molecule has 1 heterocycles. The quantitative estimate of drug-likeness (QED) is 0.822. The maximum atomic E-state index is 11.7. The Morgan fingerprint density at radius 2 is 2.16 bits per heavy atom. The van der Waals surface area contributed by atoms with E-state index in [4.69, 9.17) is 0 Å². The summed E-state index contributed by atoms with van der Waals surface area (Å²) in [6.45, 7) is 5.14. The highest BCUT2D eigenvalue weighted by Gasteiger charge is 2.13. The Labute approximate surface area is 115 Å². The maximum absolute atomic E-state index is 11.7. The molecule has 0 bridgehead atoms. The van der Waals surface area contributed by atoms with E-state index in [1.807, 2.05) is 0 Å². The predicted molar refractivity (Wildman–Crippen MR) is 78.1 cm³/mol. The van der Waals surface area contributed by atoms with Crippen molar-refractivity contribution in [3.8, 4) is 0 Å². The van der Waals surface area contributed by atoms with E-state index in [1.54, 1.807) is 0 Å². The van der Waals surface area contributed by atoms with E-state index in [0.29, 0.717) is 6.42 Å². The average Bonchev–Trinajstić information content (AvgIpc) is 2.91. The highest BCUT2D eigenvalue weighted by atomic mass is 16.1. The molecule has 1 atom stereocenters. The molecule has 19 heavy (non-hydrogen) atoms. The SMILES string of the molecule is Cc1ccc(CCC(=O)NCCC2CCNC2)cc1. The number of hydrogen-bond donors (Lipinski definition) is 2. The van der Waals surface area contributed by atoms with E-state index in [9.17, 15) is 4.79 Å². The molecule has 1 saturated heterocycles. The summed E-state index contributed by atoms with van der Waals surface area (Å²) in [5, 5.41) is 6.37. The van der Waals surface area contributed by atoms with E-state index < -0.39 is 0 Å². The largest absolute Gasteiger partial charge is 0.356 e. The van der Waals surface area contributed by atoms with Crippen LogP contribution < -0.4 is 10.6 Å². The molecule has 1 fully saturated rings. The molecule has 2 rings (SSSR count). The molecule has 0 radical (unpaired) electrons. The van der Waals surface area contributed by atoms with Crippen molar-refractivity contribution in [2.45, 2.75) is 32.6 Å². The number of hydrogen-bond acceptors (Lipinski definition) is 2. The van der Waals surface area contributed by atoms with Crippen LogP contribution in [0.1, 0.15) is 30.4 Å². The first-order chi connectivity index (χ1) is 9.24. The van der Waals surface area contributed by atoms with Crippen molar-refractivity contribution in [2.24, 2.45) is 5.92 Å². The van der Waals surface area contributed by atoms with Crippen molar-refractivity contribution in [1.29, 1.82) is 0 Å². The lowest BCUT2D eigenvalue weighted by atomic mass is 10.1. The van der Waals surface area contributed by atoms with Gasteiger partial charge in [0, 0.05) is 13.0 Å². The molecular weight excluding hydrogens is 236 g/mol. The van der Waals surface area contributed by atoms with E-state index in [2.05, 4.69) is 41.8 Å². The molecule has 1 aromatic rings. The van der Waals surface area contributed by atoms with Gasteiger partial charge in [0.1, 0.15) is 0 Å². The first-order valence-electron chi connectivity index (χ1n) is 7.27. The standard InChI is InChI=1S/C16H24N2O/c1-13-2-4-14(5-3-13)6-7-16(19)18-11-9-15-8-10-17-12-15/h2-5,15,17H,6-12H2,1H3,(H,18,19). The van der Waals surface area contributed by atoms with Crippen LogP contribution in [0.5, 0.6) is 0 Å². The fourth-order valence-corrected chi connectivity index (χ4v) is 2.48. The number of carbonyl (C=O) groups excluding carboxylic acids is 1. The molecule has 3 nitrogen and oxygen atoms in total. The lowest BCUT2D eigenvalue weighted by molar-refractivity contribution is -0.121. The van der Waals surface area contributed by atoms with Crippen molar-refractivity contribution in [1.82, 2.24) is 10.6 Å². The molecule has 1 aromatic carbocycles. The Bertz CT molecular complexity index is 394. The van der Waals surface area contributed by atoms with Crippen molar-refractivity contribution >= 4 is 5.91 Å². The summed E-state index contributed by atoms with van der Waals surface area (Å²) >= 11 is 0. The fraction of sp³-hybridized carbons (Fsp3) is 0.562. The number of aryl methyl sites for hydroxylation is 2. The summed E-state index contributed by atoms with van der Waals surface area (Å²) in [5.41, 5.74) is 2.50. The van der Waals surface area contributed by atoms with Crippen LogP contribution in [0.3, 0.4) is 0 Å². The molecule has 0 saturated carbocycles. The van der Waals surface area contributed by atoms with Crippen LogP contribution in [0.4, 0.5) is 0 Å². The zero-order valence-corrected chi connectivity index (χ0v) is 11.7. The second-order valence-electron chi connectivity index (χ2n) is 5.48. The van der Waals surface area contributed by atoms with Crippen molar-refractivity contribution in [3.63, 3.8) is 0 Å². The van der Waals surface area contributed by atoms with E-state index in [1.165, 1.54) is 17.5 Å². The van der Waals surface area contributed by atoms with Crippen molar-refractivity contribution < 1.29 is 4.79 Å². The van der Waals surface area contributed by atoms with Gasteiger partial charge < -0.3 is 10.6 Å². The zero-order chi connectivity index (χ0) is 13.5. The van der Waals surface area contributed by atoms with Gasteiger partial charge in [0.15, 0.2) is 0 Å². The molecule has 1 unspecified atom stereocenters. The van der Waals surface area contributed by atoms with Crippen LogP contribution in [0, 0.1) is 12.8 Å². The Kier molecular flexibility index (Phi) is 5.40. The average molecular weight is 260 g/mol. The van der Waals surface area contributed by atoms with Gasteiger partial charge in [-0.25, -0.2) is 0 Å². The second kappa shape index (κ2) is 7.29. The molecule has 3 heteroatoms. The molecule has 1 aliphatic rings. The van der Waals surface area contributed by atoms with Gasteiger partial charge in [-0.05, 0) is 50.8 Å². The second-order valence-corrected chi connectivity index (χ2v) is 5.48. The summed E-state index contributed by atoms with van der Waals surface area (Å²) in [5.74, 6) is 0.920. The van der Waals surface area contributed by atoms with Crippen molar-refractivity contribution in [2.75, 3.05) is 19.6 Å². The highest BCUT2D eigenvalue weighted by molar-refractivity contribution is 5.76. The number of nitrogens with one attached hydrogen (secondary N) is 2. The molecule has 1 amide bonds. The third-order valence-corrected chi connectivity index (χ3v) is 3.80. The normalized spacial score (nSPS) is 18.5. The zero-order valence-electron chi connectivity index (χ0n) is 11.7. The molecule has 0 aliphatic carbocycles. The van der Waals surface area contributed by atoms with Gasteiger partial charge in [-0.1, -0.05) is 29.8 Å². The van der Waals surface area contributed by atoms with Crippen LogP contribution >= 0.6 is 0 Å². The van der Waals surface area contributed by atoms with E-state index >= 15 is 0 Å². The molecule has 1 aliphatic heterocycles. The number of amides is 1. The summed E-state index contributed by atoms with van der Waals surface area (Å²) in [7, 11) is 0. The third kappa shape index (κ3) is 5.03. The van der Waals surface area contributed by atoms with Crippen LogP contribution in [0.25, 0.3) is 0 Å². The van der Waals surface area contributed by atoms with Gasteiger partial charge in [0.2, 0.25) is 5.91 Å². The Hall–Kier alpha value is -1.35. The minimum Gasteiger partial charge on any atom is -0.356 e. The molecule has 0 aromatic heterocycles. The monoisotopic (exact) mass is 260 g/mol. The van der Waals surface area contributed by atoms with E-state index in [-0.39, 0.29) is 5.91 Å². The fourth-order valence-electron chi connectivity index (χ4n) is 2.48. The summed E-state index contributed by atoms with van der Waals surface area (Å²) in [6, 6.07) is 8.40. The summed E-state index contributed by atoms with van der Waals surface area (Å²) < 4.78 is 0. The van der Waals surface area contributed by atoms with E-state index in [0.717, 1.165) is 38.4 Å². The highest BCUT2D eigenvalue weighted by Crippen LogP contribution is 2.11. The molecular formula is C16H24N2O. The smallest absolute Gasteiger partial charge is 0.220 e. The van der Waals surface area contributed by atoms with Crippen molar-refractivity contribution in [3.05, 3.63) is 35.4 Å². The van der Waals surface area contributed by atoms with Crippen LogP contribution in [0.2, 0.25) is 0 Å². The van der Waals surface area contributed by atoms with Crippen LogP contribution in [-0.2, 0) is 11.2 Å². The van der Waals surface area contributed by atoms with Gasteiger partial charge in [-0.3, -0.25) is 4.79 Å². The lowest BCUT2D eigenvalue weighted by Gasteiger charge is -2.09. The maximum Gasteiger partial charge on any atom is 0.220 e. The molecule has 104 valence electrons. The van der Waals surface area contributed by atoms with Gasteiger partial charge in [-0.15, -0.1) is 0 Å². The van der Waals surface area contributed by atoms with Crippen LogP contribution in [-0.4, -0.2) is 25.5 Å². The topological polar surface area (TPSA) is 41.1 Å². The molecule has 0 spiro atoms. The summed E-state index contributed by atoms with van der Waals surface area (Å²) in [4.78, 5) is 11.7. The predicted octanol–water partition coefficient (Wildman–Crippen LogP) is 2.04. The minimum absolute atomic E-state index is 0.173. The third-order valence-electron chi connectivity index (χ3n) is 3.80. The Balaban J connectivity index is 1.60. The lowest BCUT2D eigenvalue weighted by Crippen LogP contribution is -2.26. The minimum atomic E-state index is 0.173. The molecule has 2 N–H and O–H groups in total. The number of benzene rings is 1. The van der Waals surface area contributed by atoms with Gasteiger partial charge in [0.05, 0.1) is 0 Å². The summed E-state index contributed by atoms with van der Waals surface area (Å²) in [6.07, 6.45) is 3.77. The van der Waals surface area contributed by atoms with Gasteiger partial charge in [0.25, 0.3) is 0 Å².